The van der Waals surface area contributed by atoms with Crippen LogP contribution in [-0.4, -0.2) is 6.04 Å². The molecule has 3 heteroatoms. The van der Waals surface area contributed by atoms with E-state index in [-0.39, 0.29) is 0 Å². The topological polar surface area (TPSA) is 12.0 Å². The van der Waals surface area contributed by atoms with Gasteiger partial charge in [0.05, 0.1) is 10.0 Å². The van der Waals surface area contributed by atoms with Crippen molar-refractivity contribution in [3.8, 4) is 0 Å². The van der Waals surface area contributed by atoms with E-state index >= 15 is 0 Å². The summed E-state index contributed by atoms with van der Waals surface area (Å²) < 4.78 is 0. The Labute approximate surface area is 114 Å². The van der Waals surface area contributed by atoms with Gasteiger partial charge in [-0.3, -0.25) is 0 Å². The molecule has 1 aliphatic carbocycles. The molecule has 94 valence electrons. The summed E-state index contributed by atoms with van der Waals surface area (Å²) in [6.07, 6.45) is 3.87. The van der Waals surface area contributed by atoms with Gasteiger partial charge in [0.15, 0.2) is 0 Å². The third-order valence-corrected chi connectivity index (χ3v) is 4.69. The highest BCUT2D eigenvalue weighted by molar-refractivity contribution is 6.42. The molecule has 1 aromatic carbocycles. The van der Waals surface area contributed by atoms with Gasteiger partial charge in [-0.1, -0.05) is 55.6 Å². The Morgan fingerprint density at radius 3 is 2.76 bits per heavy atom. The van der Waals surface area contributed by atoms with E-state index in [2.05, 4.69) is 19.2 Å². The number of nitrogens with one attached hydrogen (secondary N) is 1. The number of rotatable bonds is 3. The van der Waals surface area contributed by atoms with Crippen LogP contribution in [-0.2, 0) is 6.54 Å². The largest absolute Gasteiger partial charge is 0.309 e. The average Bonchev–Trinajstić information content (AvgIpc) is 2.60. The molecule has 0 aliphatic heterocycles. The summed E-state index contributed by atoms with van der Waals surface area (Å²) in [4.78, 5) is 0. The molecule has 0 saturated heterocycles. The van der Waals surface area contributed by atoms with Crippen molar-refractivity contribution in [2.24, 2.45) is 5.41 Å². The third-order valence-electron chi connectivity index (χ3n) is 3.83. The lowest BCUT2D eigenvalue weighted by molar-refractivity contribution is 0.282. The maximum atomic E-state index is 6.18. The van der Waals surface area contributed by atoms with Gasteiger partial charge in [-0.15, -0.1) is 0 Å². The molecule has 1 aliphatic rings. The van der Waals surface area contributed by atoms with Gasteiger partial charge >= 0.3 is 0 Å². The van der Waals surface area contributed by atoms with Crippen molar-refractivity contribution in [3.63, 3.8) is 0 Å². The van der Waals surface area contributed by atoms with Gasteiger partial charge in [-0.05, 0) is 29.9 Å². The Kier molecular flexibility index (Phi) is 4.02. The van der Waals surface area contributed by atoms with E-state index in [9.17, 15) is 0 Å². The molecule has 1 nitrogen and oxygen atoms in total. The van der Waals surface area contributed by atoms with E-state index in [0.717, 1.165) is 12.1 Å². The molecule has 0 aromatic heterocycles. The molecule has 0 amide bonds. The van der Waals surface area contributed by atoms with E-state index in [1.807, 2.05) is 18.2 Å². The lowest BCUT2D eigenvalue weighted by Crippen LogP contribution is -2.37. The number of halogens is 2. The Morgan fingerprint density at radius 1 is 1.35 bits per heavy atom. The van der Waals surface area contributed by atoms with Crippen LogP contribution in [0.1, 0.15) is 38.7 Å². The minimum atomic E-state index is 0.394. The van der Waals surface area contributed by atoms with E-state index in [4.69, 9.17) is 23.2 Å². The number of benzene rings is 1. The highest BCUT2D eigenvalue weighted by Gasteiger charge is 2.33. The predicted octanol–water partition coefficient (Wildman–Crippen LogP) is 4.66. The highest BCUT2D eigenvalue weighted by Crippen LogP contribution is 2.37. The van der Waals surface area contributed by atoms with Crippen molar-refractivity contribution < 1.29 is 0 Å². The summed E-state index contributed by atoms with van der Waals surface area (Å²) in [5, 5.41) is 4.93. The maximum absolute atomic E-state index is 6.18. The molecular formula is C14H19Cl2N. The maximum Gasteiger partial charge on any atom is 0.0637 e. The quantitative estimate of drug-likeness (QED) is 0.843. The van der Waals surface area contributed by atoms with Crippen LogP contribution >= 0.6 is 23.2 Å². The molecule has 1 N–H and O–H groups in total. The first-order valence-corrected chi connectivity index (χ1v) is 6.92. The average molecular weight is 272 g/mol. The number of hydrogen-bond acceptors (Lipinski definition) is 1. The summed E-state index contributed by atoms with van der Waals surface area (Å²) in [5.41, 5.74) is 1.48. The van der Waals surface area contributed by atoms with Crippen LogP contribution in [0, 0.1) is 5.41 Å². The molecule has 1 fully saturated rings. The molecule has 0 heterocycles. The zero-order chi connectivity index (χ0) is 12.5. The van der Waals surface area contributed by atoms with Gasteiger partial charge in [-0.25, -0.2) is 0 Å². The Hall–Kier alpha value is -0.240. The lowest BCUT2D eigenvalue weighted by Gasteiger charge is -2.28. The van der Waals surface area contributed by atoms with Crippen LogP contribution in [0.5, 0.6) is 0 Å². The predicted molar refractivity (Wildman–Crippen MR) is 74.7 cm³/mol. The van der Waals surface area contributed by atoms with Crippen molar-refractivity contribution in [3.05, 3.63) is 33.8 Å². The molecule has 17 heavy (non-hydrogen) atoms. The normalized spacial score (nSPS) is 22.9. The molecule has 1 unspecified atom stereocenters. The first kappa shape index (κ1) is 13.2. The first-order chi connectivity index (χ1) is 8.00. The summed E-state index contributed by atoms with van der Waals surface area (Å²) in [6.45, 7) is 5.46. The van der Waals surface area contributed by atoms with Gasteiger partial charge in [0.1, 0.15) is 0 Å². The van der Waals surface area contributed by atoms with Crippen molar-refractivity contribution in [2.75, 3.05) is 0 Å². The van der Waals surface area contributed by atoms with E-state index < -0.39 is 0 Å². The fourth-order valence-corrected chi connectivity index (χ4v) is 3.01. The molecular weight excluding hydrogens is 253 g/mol. The second-order valence-corrected chi connectivity index (χ2v) is 6.31. The summed E-state index contributed by atoms with van der Waals surface area (Å²) >= 11 is 12.2. The Morgan fingerprint density at radius 2 is 2.12 bits per heavy atom. The first-order valence-electron chi connectivity index (χ1n) is 6.17. The van der Waals surface area contributed by atoms with E-state index in [1.165, 1.54) is 19.3 Å². The van der Waals surface area contributed by atoms with Crippen LogP contribution < -0.4 is 5.32 Å². The van der Waals surface area contributed by atoms with Crippen LogP contribution in [0.15, 0.2) is 18.2 Å². The van der Waals surface area contributed by atoms with Crippen LogP contribution in [0.25, 0.3) is 0 Å². The van der Waals surface area contributed by atoms with Crippen molar-refractivity contribution in [1.29, 1.82) is 0 Å². The monoisotopic (exact) mass is 271 g/mol. The van der Waals surface area contributed by atoms with Crippen LogP contribution in [0.2, 0.25) is 10.0 Å². The van der Waals surface area contributed by atoms with Crippen molar-refractivity contribution in [1.82, 2.24) is 5.32 Å². The Bertz CT molecular complexity index is 401. The van der Waals surface area contributed by atoms with Crippen molar-refractivity contribution >= 4 is 23.2 Å². The third kappa shape index (κ3) is 2.96. The van der Waals surface area contributed by atoms with Gasteiger partial charge in [0, 0.05) is 12.6 Å². The summed E-state index contributed by atoms with van der Waals surface area (Å²) in [5.74, 6) is 0. The fraction of sp³-hybridized carbons (Fsp3) is 0.571. The van der Waals surface area contributed by atoms with Crippen molar-refractivity contribution in [2.45, 2.75) is 45.7 Å². The molecule has 0 radical (unpaired) electrons. The van der Waals surface area contributed by atoms with Crippen LogP contribution in [0.3, 0.4) is 0 Å². The minimum Gasteiger partial charge on any atom is -0.309 e. The van der Waals surface area contributed by atoms with E-state index in [1.54, 1.807) is 0 Å². The molecule has 2 rings (SSSR count). The highest BCUT2D eigenvalue weighted by atomic mass is 35.5. The fourth-order valence-electron chi connectivity index (χ4n) is 2.62. The van der Waals surface area contributed by atoms with Gasteiger partial charge in [-0.2, -0.15) is 0 Å². The molecule has 1 saturated carbocycles. The molecule has 0 spiro atoms. The SMILES string of the molecule is CC1(C)CCCC1NCc1cccc(Cl)c1Cl. The summed E-state index contributed by atoms with van der Waals surface area (Å²) in [6, 6.07) is 6.39. The van der Waals surface area contributed by atoms with Gasteiger partial charge in [0.25, 0.3) is 0 Å². The minimum absolute atomic E-state index is 0.394. The lowest BCUT2D eigenvalue weighted by atomic mass is 9.87. The van der Waals surface area contributed by atoms with Crippen LogP contribution in [0.4, 0.5) is 0 Å². The summed E-state index contributed by atoms with van der Waals surface area (Å²) in [7, 11) is 0. The van der Waals surface area contributed by atoms with Gasteiger partial charge in [0.2, 0.25) is 0 Å². The molecule has 0 bridgehead atoms. The van der Waals surface area contributed by atoms with Gasteiger partial charge < -0.3 is 5.32 Å². The molecule has 1 atom stereocenters. The second-order valence-electron chi connectivity index (χ2n) is 5.53. The standard InChI is InChI=1S/C14H19Cl2N/c1-14(2)8-4-7-12(14)17-9-10-5-3-6-11(15)13(10)16/h3,5-6,12,17H,4,7-9H2,1-2H3. The number of hydrogen-bond donors (Lipinski definition) is 1. The smallest absolute Gasteiger partial charge is 0.0637 e. The Balaban J connectivity index is 2.01. The van der Waals surface area contributed by atoms with E-state index in [0.29, 0.717) is 21.5 Å². The zero-order valence-corrected chi connectivity index (χ0v) is 11.9. The molecule has 1 aromatic rings. The zero-order valence-electron chi connectivity index (χ0n) is 10.4. The second kappa shape index (κ2) is 5.17.